The zero-order valence-corrected chi connectivity index (χ0v) is 19.5. The minimum Gasteiger partial charge on any atom is -0.355 e. The van der Waals surface area contributed by atoms with Crippen molar-refractivity contribution in [2.75, 3.05) is 33.0 Å². The Morgan fingerprint density at radius 3 is 2.31 bits per heavy atom. The van der Waals surface area contributed by atoms with Gasteiger partial charge in [-0.25, -0.2) is 4.39 Å². The Morgan fingerprint density at radius 1 is 1.22 bits per heavy atom. The Morgan fingerprint density at radius 2 is 1.84 bits per heavy atom. The number of aromatic nitrogens is 1. The first-order valence-corrected chi connectivity index (χ1v) is 9.99. The molecule has 1 heterocycles. The van der Waals surface area contributed by atoms with Gasteiger partial charge in [0.1, 0.15) is 5.82 Å². The van der Waals surface area contributed by atoms with Crippen LogP contribution in [0.5, 0.6) is 0 Å². The summed E-state index contributed by atoms with van der Waals surface area (Å²) in [5, 5.41) is 10.6. The number of amides is 2. The van der Waals surface area contributed by atoms with Crippen LogP contribution in [0.15, 0.2) is 34.2 Å². The number of nitrogens with one attached hydrogen (secondary N) is 4. The summed E-state index contributed by atoms with van der Waals surface area (Å²) in [6, 6.07) is 4.42. The number of hydrogen-bond donors (Lipinski definition) is 4. The van der Waals surface area contributed by atoms with Gasteiger partial charge >= 0.3 is 0 Å². The average Bonchev–Trinajstić information content (AvgIpc) is 2.76. The molecule has 0 radical (unpaired) electrons. The fourth-order valence-electron chi connectivity index (χ4n) is 2.65. The van der Waals surface area contributed by atoms with E-state index in [1.807, 2.05) is 7.05 Å². The molecule has 32 heavy (non-hydrogen) atoms. The molecule has 0 fully saturated rings. The van der Waals surface area contributed by atoms with Crippen LogP contribution in [0.2, 0.25) is 0 Å². The normalized spacial score (nSPS) is 10.7. The van der Waals surface area contributed by atoms with Gasteiger partial charge in [0.05, 0.1) is 11.3 Å². The number of hydrogen-bond acceptors (Lipinski definition) is 5. The standard InChI is InChI=1S/C19H22FN5O3.C3H9N/c1-10-8-13(12-6-7-25(5)14(27)9-12)16(20)15(18(28)21-3)17(10)24-19(22-4)23-11(2)26;1-3-4-2/h6-9H,1-5H3,(H,21,28)(H2,22,23,24,26);4H,3H2,1-2H3. The second kappa shape index (κ2) is 12.4. The van der Waals surface area contributed by atoms with Gasteiger partial charge in [-0.05, 0) is 43.8 Å². The number of benzene rings is 1. The Hall–Kier alpha value is -3.53. The lowest BCUT2D eigenvalue weighted by atomic mass is 9.97. The van der Waals surface area contributed by atoms with Crippen molar-refractivity contribution >= 4 is 23.5 Å². The van der Waals surface area contributed by atoms with E-state index in [-0.39, 0.29) is 34.2 Å². The molecule has 4 N–H and O–H groups in total. The van der Waals surface area contributed by atoms with Crippen LogP contribution in [0, 0.1) is 12.7 Å². The summed E-state index contributed by atoms with van der Waals surface area (Å²) in [5.41, 5.74) is 0.621. The second-order valence-corrected chi connectivity index (χ2v) is 6.83. The molecule has 0 aliphatic carbocycles. The molecule has 0 aliphatic rings. The number of nitrogens with zero attached hydrogens (tertiary/aromatic N) is 2. The Balaban J connectivity index is 0.00000118. The number of aliphatic imine (C=N–C) groups is 1. The van der Waals surface area contributed by atoms with Crippen LogP contribution in [0.1, 0.15) is 29.8 Å². The Kier molecular flexibility index (Phi) is 10.2. The minimum absolute atomic E-state index is 0.0708. The zero-order valence-electron chi connectivity index (χ0n) is 19.5. The maximum atomic E-state index is 15.3. The van der Waals surface area contributed by atoms with Crippen molar-refractivity contribution in [2.24, 2.45) is 12.0 Å². The molecular formula is C22H31FN6O3. The summed E-state index contributed by atoms with van der Waals surface area (Å²) in [7, 11) is 6.34. The van der Waals surface area contributed by atoms with Crippen LogP contribution in [0.3, 0.4) is 0 Å². The number of carbonyl (C=O) groups is 2. The van der Waals surface area contributed by atoms with Gasteiger partial charge in [-0.3, -0.25) is 24.7 Å². The highest BCUT2D eigenvalue weighted by molar-refractivity contribution is 6.09. The van der Waals surface area contributed by atoms with Crippen LogP contribution in [0.25, 0.3) is 11.1 Å². The molecule has 174 valence electrons. The fourth-order valence-corrected chi connectivity index (χ4v) is 2.65. The van der Waals surface area contributed by atoms with Crippen LogP contribution in [0.4, 0.5) is 10.1 Å². The van der Waals surface area contributed by atoms with E-state index >= 15 is 4.39 Å². The van der Waals surface area contributed by atoms with E-state index in [0.29, 0.717) is 11.1 Å². The van der Waals surface area contributed by atoms with Crippen molar-refractivity contribution in [1.29, 1.82) is 0 Å². The largest absolute Gasteiger partial charge is 0.355 e. The summed E-state index contributed by atoms with van der Waals surface area (Å²) in [5.74, 6) is -1.75. The molecule has 2 amide bonds. The van der Waals surface area contributed by atoms with E-state index in [2.05, 4.69) is 33.2 Å². The molecule has 2 aromatic rings. The Labute approximate surface area is 187 Å². The first-order chi connectivity index (χ1) is 15.1. The first-order valence-electron chi connectivity index (χ1n) is 9.99. The molecule has 0 unspecified atom stereocenters. The van der Waals surface area contributed by atoms with Crippen molar-refractivity contribution in [3.8, 4) is 11.1 Å². The van der Waals surface area contributed by atoms with Gasteiger partial charge in [-0.1, -0.05) is 6.92 Å². The molecule has 0 bridgehead atoms. The quantitative estimate of drug-likeness (QED) is 0.421. The molecule has 0 saturated heterocycles. The smallest absolute Gasteiger partial charge is 0.256 e. The topological polar surface area (TPSA) is 117 Å². The molecule has 0 saturated carbocycles. The van der Waals surface area contributed by atoms with E-state index in [1.54, 1.807) is 20.0 Å². The number of pyridine rings is 1. The predicted octanol–water partition coefficient (Wildman–Crippen LogP) is 1.62. The molecule has 0 aliphatic heterocycles. The summed E-state index contributed by atoms with van der Waals surface area (Å²) >= 11 is 0. The van der Waals surface area contributed by atoms with Gasteiger partial charge in [0.2, 0.25) is 11.9 Å². The van der Waals surface area contributed by atoms with Crippen molar-refractivity contribution < 1.29 is 14.0 Å². The number of aryl methyl sites for hydroxylation is 2. The highest BCUT2D eigenvalue weighted by Crippen LogP contribution is 2.32. The number of rotatable bonds is 4. The lowest BCUT2D eigenvalue weighted by molar-refractivity contribution is -0.117. The third kappa shape index (κ3) is 6.74. The molecule has 1 aromatic carbocycles. The van der Waals surface area contributed by atoms with E-state index in [0.717, 1.165) is 6.54 Å². The Bertz CT molecular complexity index is 1060. The zero-order chi connectivity index (χ0) is 24.4. The molecule has 0 spiro atoms. The van der Waals surface area contributed by atoms with Gasteiger partial charge in [0.25, 0.3) is 11.5 Å². The SMILES string of the molecule is CCNC.CN=C(NC(C)=O)Nc1c(C)cc(-c2ccn(C)c(=O)c2)c(F)c1C(=O)NC. The van der Waals surface area contributed by atoms with Crippen molar-refractivity contribution in [3.63, 3.8) is 0 Å². The van der Waals surface area contributed by atoms with Crippen LogP contribution in [-0.4, -0.2) is 50.0 Å². The second-order valence-electron chi connectivity index (χ2n) is 6.83. The number of anilines is 1. The molecule has 0 atom stereocenters. The van der Waals surface area contributed by atoms with Crippen molar-refractivity contribution in [3.05, 3.63) is 51.7 Å². The van der Waals surface area contributed by atoms with E-state index in [9.17, 15) is 14.4 Å². The van der Waals surface area contributed by atoms with Crippen LogP contribution >= 0.6 is 0 Å². The third-order valence-corrected chi connectivity index (χ3v) is 4.45. The predicted molar refractivity (Wildman–Crippen MR) is 126 cm³/mol. The molecular weight excluding hydrogens is 415 g/mol. The van der Waals surface area contributed by atoms with Gasteiger partial charge < -0.3 is 20.5 Å². The highest BCUT2D eigenvalue weighted by atomic mass is 19.1. The monoisotopic (exact) mass is 446 g/mol. The summed E-state index contributed by atoms with van der Waals surface area (Å²) in [4.78, 5) is 39.6. The van der Waals surface area contributed by atoms with Gasteiger partial charge in [0.15, 0.2) is 0 Å². The average molecular weight is 447 g/mol. The third-order valence-electron chi connectivity index (χ3n) is 4.45. The summed E-state index contributed by atoms with van der Waals surface area (Å²) in [6.07, 6.45) is 1.52. The fraction of sp³-hybridized carbons (Fsp3) is 0.364. The first kappa shape index (κ1) is 26.5. The van der Waals surface area contributed by atoms with Crippen molar-refractivity contribution in [1.82, 2.24) is 20.5 Å². The van der Waals surface area contributed by atoms with Crippen molar-refractivity contribution in [2.45, 2.75) is 20.8 Å². The summed E-state index contributed by atoms with van der Waals surface area (Å²) in [6.45, 7) is 6.12. The number of carbonyl (C=O) groups excluding carboxylic acids is 2. The maximum Gasteiger partial charge on any atom is 0.256 e. The van der Waals surface area contributed by atoms with Crippen LogP contribution in [-0.2, 0) is 11.8 Å². The maximum absolute atomic E-state index is 15.3. The van der Waals surface area contributed by atoms with E-state index in [4.69, 9.17) is 0 Å². The number of guanidine groups is 1. The van der Waals surface area contributed by atoms with Crippen LogP contribution < -0.4 is 26.8 Å². The van der Waals surface area contributed by atoms with Gasteiger partial charge in [-0.2, -0.15) is 0 Å². The molecule has 1 aromatic heterocycles. The van der Waals surface area contributed by atoms with Gasteiger partial charge in [-0.15, -0.1) is 0 Å². The summed E-state index contributed by atoms with van der Waals surface area (Å²) < 4.78 is 16.7. The highest BCUT2D eigenvalue weighted by Gasteiger charge is 2.23. The lowest BCUT2D eigenvalue weighted by Crippen LogP contribution is -2.35. The minimum atomic E-state index is -0.793. The van der Waals surface area contributed by atoms with Gasteiger partial charge in [0, 0.05) is 45.9 Å². The lowest BCUT2D eigenvalue weighted by Gasteiger charge is -2.18. The molecule has 10 heteroatoms. The van der Waals surface area contributed by atoms with E-state index in [1.165, 1.54) is 43.9 Å². The number of halogens is 1. The molecule has 9 nitrogen and oxygen atoms in total. The van der Waals surface area contributed by atoms with E-state index < -0.39 is 11.7 Å². The molecule has 2 rings (SSSR count).